The first-order valence-electron chi connectivity index (χ1n) is 6.83. The summed E-state index contributed by atoms with van der Waals surface area (Å²) in [5, 5.41) is 12.7. The molecule has 2 heterocycles. The molecule has 2 aromatic rings. The van der Waals surface area contributed by atoms with Crippen LogP contribution < -0.4 is 4.72 Å². The van der Waals surface area contributed by atoms with Crippen LogP contribution in [0.15, 0.2) is 27.9 Å². The van der Waals surface area contributed by atoms with E-state index in [-0.39, 0.29) is 22.9 Å². The van der Waals surface area contributed by atoms with E-state index in [0.29, 0.717) is 11.5 Å². The van der Waals surface area contributed by atoms with E-state index in [1.807, 2.05) is 6.92 Å². The molecular formula is C14H17N3O5S. The Balaban J connectivity index is 2.16. The lowest BCUT2D eigenvalue weighted by molar-refractivity contribution is 0.0696. The third-order valence-electron chi connectivity index (χ3n) is 3.43. The number of pyridine rings is 1. The number of rotatable bonds is 6. The van der Waals surface area contributed by atoms with Crippen LogP contribution >= 0.6 is 0 Å². The van der Waals surface area contributed by atoms with E-state index < -0.39 is 16.0 Å². The quantitative estimate of drug-likeness (QED) is 0.817. The third-order valence-corrected chi connectivity index (χ3v) is 4.82. The first-order valence-corrected chi connectivity index (χ1v) is 8.31. The van der Waals surface area contributed by atoms with E-state index in [1.54, 1.807) is 13.8 Å². The third kappa shape index (κ3) is 3.74. The Morgan fingerprint density at radius 1 is 1.39 bits per heavy atom. The lowest BCUT2D eigenvalue weighted by atomic mass is 10.0. The molecule has 0 saturated heterocycles. The summed E-state index contributed by atoms with van der Waals surface area (Å²) in [6.45, 7) is 5.53. The second kappa shape index (κ2) is 6.47. The first kappa shape index (κ1) is 17.1. The molecule has 0 saturated carbocycles. The fourth-order valence-electron chi connectivity index (χ4n) is 2.30. The van der Waals surface area contributed by atoms with Gasteiger partial charge in [0.15, 0.2) is 0 Å². The van der Waals surface area contributed by atoms with Gasteiger partial charge >= 0.3 is 5.97 Å². The number of carboxylic acids is 1. The first-order chi connectivity index (χ1) is 10.7. The molecule has 9 heteroatoms. The molecule has 0 aromatic carbocycles. The minimum absolute atomic E-state index is 0.128. The maximum atomic E-state index is 12.3. The normalized spacial score (nSPS) is 13.0. The second-order valence-electron chi connectivity index (χ2n) is 5.21. The number of sulfonamides is 1. The SMILES string of the molecule is Cc1noc(C)c1C(C)CNS(=O)(=O)c1cncc(C(=O)O)c1. The molecule has 0 spiro atoms. The van der Waals surface area contributed by atoms with E-state index >= 15 is 0 Å². The summed E-state index contributed by atoms with van der Waals surface area (Å²) in [5.74, 6) is -0.742. The molecule has 0 aliphatic rings. The molecule has 2 rings (SSSR count). The van der Waals surface area contributed by atoms with Crippen LogP contribution in [0.5, 0.6) is 0 Å². The van der Waals surface area contributed by atoms with Gasteiger partial charge in [0.1, 0.15) is 10.7 Å². The monoisotopic (exact) mass is 339 g/mol. The molecule has 8 nitrogen and oxygen atoms in total. The standard InChI is InChI=1S/C14H17N3O5S/c1-8(13-9(2)17-22-10(13)3)5-16-23(20,21)12-4-11(14(18)19)6-15-7-12/h4,6-8,16H,5H2,1-3H3,(H,18,19). The number of aromatic nitrogens is 2. The van der Waals surface area contributed by atoms with Gasteiger partial charge in [0, 0.05) is 24.5 Å². The van der Waals surface area contributed by atoms with Crippen LogP contribution in [0, 0.1) is 13.8 Å². The fraction of sp³-hybridized carbons (Fsp3) is 0.357. The summed E-state index contributed by atoms with van der Waals surface area (Å²) in [5.41, 5.74) is 1.38. The smallest absolute Gasteiger partial charge is 0.337 e. The van der Waals surface area contributed by atoms with Crippen LogP contribution in [0.1, 0.15) is 40.2 Å². The molecule has 0 aliphatic carbocycles. The predicted molar refractivity (Wildman–Crippen MR) is 80.8 cm³/mol. The van der Waals surface area contributed by atoms with Gasteiger partial charge in [-0.25, -0.2) is 17.9 Å². The van der Waals surface area contributed by atoms with Crippen molar-refractivity contribution in [2.45, 2.75) is 31.6 Å². The van der Waals surface area contributed by atoms with Gasteiger partial charge in [-0.15, -0.1) is 0 Å². The van der Waals surface area contributed by atoms with E-state index in [1.165, 1.54) is 0 Å². The summed E-state index contributed by atoms with van der Waals surface area (Å²) < 4.78 is 32.1. The molecular weight excluding hydrogens is 322 g/mol. The van der Waals surface area contributed by atoms with E-state index in [0.717, 1.165) is 24.0 Å². The number of aromatic carboxylic acids is 1. The van der Waals surface area contributed by atoms with E-state index in [9.17, 15) is 13.2 Å². The van der Waals surface area contributed by atoms with Crippen molar-refractivity contribution in [2.24, 2.45) is 0 Å². The zero-order chi connectivity index (χ0) is 17.2. The van der Waals surface area contributed by atoms with Crippen LogP contribution in [0.4, 0.5) is 0 Å². The number of carboxylic acid groups (broad SMARTS) is 1. The van der Waals surface area contributed by atoms with E-state index in [4.69, 9.17) is 9.63 Å². The van der Waals surface area contributed by atoms with Crippen LogP contribution in [0.25, 0.3) is 0 Å². The average molecular weight is 339 g/mol. The fourth-order valence-corrected chi connectivity index (χ4v) is 3.41. The van der Waals surface area contributed by atoms with Crippen molar-refractivity contribution in [1.82, 2.24) is 14.9 Å². The van der Waals surface area contributed by atoms with E-state index in [2.05, 4.69) is 14.9 Å². The van der Waals surface area contributed by atoms with Gasteiger partial charge in [0.25, 0.3) is 0 Å². The molecule has 0 amide bonds. The Bertz CT molecular complexity index is 809. The zero-order valence-electron chi connectivity index (χ0n) is 12.9. The Kier molecular flexibility index (Phi) is 4.81. The molecule has 0 bridgehead atoms. The lowest BCUT2D eigenvalue weighted by Gasteiger charge is -2.13. The van der Waals surface area contributed by atoms with Crippen LogP contribution in [-0.4, -0.2) is 36.2 Å². The summed E-state index contributed by atoms with van der Waals surface area (Å²) in [6, 6.07) is 1.07. The molecule has 1 atom stereocenters. The summed E-state index contributed by atoms with van der Waals surface area (Å²) in [7, 11) is -3.85. The highest BCUT2D eigenvalue weighted by atomic mass is 32.2. The largest absolute Gasteiger partial charge is 0.478 e. The van der Waals surface area contributed by atoms with Crippen molar-refractivity contribution < 1.29 is 22.8 Å². The molecule has 1 unspecified atom stereocenters. The van der Waals surface area contributed by atoms with Gasteiger partial charge in [-0.2, -0.15) is 0 Å². The Morgan fingerprint density at radius 3 is 2.65 bits per heavy atom. The molecule has 2 N–H and O–H groups in total. The zero-order valence-corrected chi connectivity index (χ0v) is 13.7. The van der Waals surface area contributed by atoms with Crippen LogP contribution in [-0.2, 0) is 10.0 Å². The van der Waals surface area contributed by atoms with Gasteiger partial charge in [-0.3, -0.25) is 4.98 Å². The minimum Gasteiger partial charge on any atom is -0.478 e. The van der Waals surface area contributed by atoms with Gasteiger partial charge < -0.3 is 9.63 Å². The number of carbonyl (C=O) groups is 1. The summed E-state index contributed by atoms with van der Waals surface area (Å²) in [6.07, 6.45) is 2.20. The summed E-state index contributed by atoms with van der Waals surface area (Å²) in [4.78, 5) is 14.4. The highest BCUT2D eigenvalue weighted by molar-refractivity contribution is 7.89. The molecule has 2 aromatic heterocycles. The topological polar surface area (TPSA) is 122 Å². The highest BCUT2D eigenvalue weighted by Gasteiger charge is 2.21. The van der Waals surface area contributed by atoms with Crippen molar-refractivity contribution in [3.8, 4) is 0 Å². The highest BCUT2D eigenvalue weighted by Crippen LogP contribution is 2.23. The number of nitrogens with one attached hydrogen (secondary N) is 1. The number of hydrogen-bond donors (Lipinski definition) is 2. The predicted octanol–water partition coefficient (Wildman–Crippen LogP) is 1.47. The van der Waals surface area contributed by atoms with Crippen molar-refractivity contribution >= 4 is 16.0 Å². The number of hydrogen-bond acceptors (Lipinski definition) is 6. The van der Waals surface area contributed by atoms with Crippen LogP contribution in [0.3, 0.4) is 0 Å². The molecule has 0 aliphatic heterocycles. The van der Waals surface area contributed by atoms with Gasteiger partial charge in [-0.1, -0.05) is 12.1 Å². The molecule has 23 heavy (non-hydrogen) atoms. The Labute approximate surface area is 133 Å². The molecule has 124 valence electrons. The Hall–Kier alpha value is -2.26. The van der Waals surface area contributed by atoms with Gasteiger partial charge in [-0.05, 0) is 25.8 Å². The summed E-state index contributed by atoms with van der Waals surface area (Å²) >= 11 is 0. The maximum absolute atomic E-state index is 12.3. The van der Waals surface area contributed by atoms with Gasteiger partial charge in [0.05, 0.1) is 11.3 Å². The van der Waals surface area contributed by atoms with Crippen molar-refractivity contribution in [3.05, 3.63) is 41.0 Å². The molecule has 0 fully saturated rings. The van der Waals surface area contributed by atoms with Crippen LogP contribution in [0.2, 0.25) is 0 Å². The lowest BCUT2D eigenvalue weighted by Crippen LogP contribution is -2.28. The minimum atomic E-state index is -3.85. The van der Waals surface area contributed by atoms with Crippen molar-refractivity contribution in [1.29, 1.82) is 0 Å². The Morgan fingerprint density at radius 2 is 2.09 bits per heavy atom. The maximum Gasteiger partial charge on any atom is 0.337 e. The van der Waals surface area contributed by atoms with Gasteiger partial charge in [0.2, 0.25) is 10.0 Å². The van der Waals surface area contributed by atoms with Crippen molar-refractivity contribution in [3.63, 3.8) is 0 Å². The number of aryl methyl sites for hydroxylation is 2. The molecule has 0 radical (unpaired) electrons. The van der Waals surface area contributed by atoms with Crippen molar-refractivity contribution in [2.75, 3.05) is 6.54 Å². The second-order valence-corrected chi connectivity index (χ2v) is 6.97. The average Bonchev–Trinajstić information content (AvgIpc) is 2.84. The number of nitrogens with zero attached hydrogens (tertiary/aromatic N) is 2.